The lowest BCUT2D eigenvalue weighted by Gasteiger charge is -2.28. The molecule has 0 heterocycles. The van der Waals surface area contributed by atoms with E-state index in [0.717, 1.165) is 25.7 Å². The molecule has 0 radical (unpaired) electrons. The predicted octanol–water partition coefficient (Wildman–Crippen LogP) is 11.7. The minimum Gasteiger partial charge on any atom is -0.756 e. The highest BCUT2D eigenvalue weighted by atomic mass is 31.2. The third-order valence-electron chi connectivity index (χ3n) is 9.44. The molecule has 0 aromatic rings. The van der Waals surface area contributed by atoms with E-state index in [-0.39, 0.29) is 26.1 Å². The Morgan fingerprint density at radius 3 is 1.37 bits per heavy atom. The van der Waals surface area contributed by atoms with Gasteiger partial charge in [-0.1, -0.05) is 154 Å². The fourth-order valence-electron chi connectivity index (χ4n) is 5.96. The van der Waals surface area contributed by atoms with Crippen LogP contribution in [0.1, 0.15) is 194 Å². The molecule has 0 aliphatic rings. The van der Waals surface area contributed by atoms with E-state index in [9.17, 15) is 19.0 Å². The number of quaternary nitrogens is 1. The van der Waals surface area contributed by atoms with Gasteiger partial charge >= 0.3 is 11.9 Å². The van der Waals surface area contributed by atoms with Crippen LogP contribution in [0, 0.1) is 0 Å². The van der Waals surface area contributed by atoms with Crippen molar-refractivity contribution in [3.8, 4) is 0 Å². The predicted molar refractivity (Wildman–Crippen MR) is 222 cm³/mol. The molecule has 0 rings (SSSR count). The van der Waals surface area contributed by atoms with Crippen molar-refractivity contribution in [2.75, 3.05) is 47.5 Å². The van der Waals surface area contributed by atoms with Gasteiger partial charge < -0.3 is 27.9 Å². The van der Waals surface area contributed by atoms with Crippen LogP contribution in [0.4, 0.5) is 0 Å². The van der Waals surface area contributed by atoms with Crippen LogP contribution in [-0.4, -0.2) is 70.0 Å². The molecule has 54 heavy (non-hydrogen) atoms. The van der Waals surface area contributed by atoms with Gasteiger partial charge in [-0.2, -0.15) is 0 Å². The molecule has 9 nitrogen and oxygen atoms in total. The summed E-state index contributed by atoms with van der Waals surface area (Å²) in [7, 11) is 1.14. The molecule has 0 aromatic carbocycles. The van der Waals surface area contributed by atoms with Crippen LogP contribution >= 0.6 is 7.82 Å². The number of hydrogen-bond acceptors (Lipinski definition) is 8. The molecule has 0 bridgehead atoms. The zero-order valence-corrected chi connectivity index (χ0v) is 36.6. The number of rotatable bonds is 40. The Labute approximate surface area is 332 Å². The Morgan fingerprint density at radius 1 is 0.556 bits per heavy atom. The van der Waals surface area contributed by atoms with E-state index < -0.39 is 32.5 Å². The molecule has 0 N–H and O–H groups in total. The summed E-state index contributed by atoms with van der Waals surface area (Å²) in [6, 6.07) is 0. The van der Waals surface area contributed by atoms with E-state index in [1.54, 1.807) is 0 Å². The molecule has 2 unspecified atom stereocenters. The number of hydrogen-bond donors (Lipinski definition) is 0. The van der Waals surface area contributed by atoms with E-state index in [2.05, 4.69) is 38.2 Å². The molecule has 0 spiro atoms. The van der Waals surface area contributed by atoms with Crippen LogP contribution in [0.25, 0.3) is 0 Å². The minimum atomic E-state index is -4.63. The Morgan fingerprint density at radius 2 is 0.944 bits per heavy atom. The maximum absolute atomic E-state index is 12.6. The summed E-state index contributed by atoms with van der Waals surface area (Å²) in [5.41, 5.74) is 0. The summed E-state index contributed by atoms with van der Waals surface area (Å²) in [6.45, 7) is 4.17. The number of ether oxygens (including phenoxy) is 2. The van der Waals surface area contributed by atoms with Crippen molar-refractivity contribution in [1.82, 2.24) is 0 Å². The molecule has 0 aliphatic carbocycles. The highest BCUT2D eigenvalue weighted by Gasteiger charge is 2.21. The lowest BCUT2D eigenvalue weighted by Crippen LogP contribution is -2.37. The summed E-state index contributed by atoms with van der Waals surface area (Å²) in [5.74, 6) is -0.904. The molecule has 0 aromatic heterocycles. The van der Waals surface area contributed by atoms with Crippen molar-refractivity contribution < 1.29 is 42.1 Å². The van der Waals surface area contributed by atoms with Gasteiger partial charge in [0.2, 0.25) is 0 Å². The number of carbonyl (C=O) groups is 2. The van der Waals surface area contributed by atoms with E-state index in [1.807, 2.05) is 21.1 Å². The maximum Gasteiger partial charge on any atom is 0.306 e. The van der Waals surface area contributed by atoms with E-state index in [1.165, 1.54) is 128 Å². The Bertz CT molecular complexity index is 980. The lowest BCUT2D eigenvalue weighted by molar-refractivity contribution is -0.870. The molecular formula is C44H84NO8P. The van der Waals surface area contributed by atoms with Crippen molar-refractivity contribution in [2.24, 2.45) is 0 Å². The summed E-state index contributed by atoms with van der Waals surface area (Å²) < 4.78 is 33.8. The number of likely N-dealkylation sites (N-methyl/N-ethyl adjacent to an activating group) is 1. The van der Waals surface area contributed by atoms with Crippen LogP contribution in [0.5, 0.6) is 0 Å². The van der Waals surface area contributed by atoms with Gasteiger partial charge in [-0.25, -0.2) is 0 Å². The monoisotopic (exact) mass is 786 g/mol. The number of nitrogens with zero attached hydrogens (tertiary/aromatic N) is 1. The largest absolute Gasteiger partial charge is 0.756 e. The zero-order chi connectivity index (χ0) is 40.0. The topological polar surface area (TPSA) is 111 Å². The van der Waals surface area contributed by atoms with Crippen molar-refractivity contribution >= 4 is 19.8 Å². The molecule has 0 amide bonds. The number of allylic oxidation sites excluding steroid dienone is 4. The summed E-state index contributed by atoms with van der Waals surface area (Å²) >= 11 is 0. The average molecular weight is 786 g/mol. The SMILES string of the molecule is CCCCCCCCCCCC/C=C/CCCC(=O)OCC(COP(=O)([O-])OCC[N+](C)(C)C)OC(=O)CCC/C=C/CCCCCCCCCCCC. The fraction of sp³-hybridized carbons (Fsp3) is 0.864. The molecule has 2 atom stereocenters. The number of unbranched alkanes of at least 4 members (excludes halogenated alkanes) is 22. The number of phosphoric acid groups is 1. The highest BCUT2D eigenvalue weighted by molar-refractivity contribution is 7.45. The van der Waals surface area contributed by atoms with Gasteiger partial charge in [-0.15, -0.1) is 0 Å². The number of carbonyl (C=O) groups excluding carboxylic acids is 2. The van der Waals surface area contributed by atoms with Crippen molar-refractivity contribution in [3.63, 3.8) is 0 Å². The van der Waals surface area contributed by atoms with E-state index in [0.29, 0.717) is 23.9 Å². The van der Waals surface area contributed by atoms with Crippen molar-refractivity contribution in [3.05, 3.63) is 24.3 Å². The standard InChI is InChI=1S/C44H84NO8P/c1-6-8-10-12-14-16-18-20-22-24-26-28-30-32-34-36-43(46)50-40-42(41-52-54(48,49)51-39-38-45(3,4)5)53-44(47)37-35-33-31-29-27-25-23-21-19-17-15-13-11-9-7-2/h28-31,42H,6-27,32-41H2,1-5H3/b30-28+,31-29+. The highest BCUT2D eigenvalue weighted by Crippen LogP contribution is 2.38. The van der Waals surface area contributed by atoms with Gasteiger partial charge in [0.15, 0.2) is 6.10 Å². The van der Waals surface area contributed by atoms with Gasteiger partial charge in [0.1, 0.15) is 19.8 Å². The zero-order valence-electron chi connectivity index (χ0n) is 35.7. The fourth-order valence-corrected chi connectivity index (χ4v) is 6.69. The second-order valence-electron chi connectivity index (χ2n) is 16.1. The average Bonchev–Trinajstić information content (AvgIpc) is 3.12. The minimum absolute atomic E-state index is 0.0376. The lowest BCUT2D eigenvalue weighted by atomic mass is 10.1. The first kappa shape index (κ1) is 52.5. The molecule has 10 heteroatoms. The Hall–Kier alpha value is -1.51. The summed E-state index contributed by atoms with van der Waals surface area (Å²) in [4.78, 5) is 37.4. The van der Waals surface area contributed by atoms with Crippen molar-refractivity contribution in [1.29, 1.82) is 0 Å². The van der Waals surface area contributed by atoms with Gasteiger partial charge in [0.25, 0.3) is 7.82 Å². The molecule has 0 aliphatic heterocycles. The Balaban J connectivity index is 4.42. The summed E-state index contributed by atoms with van der Waals surface area (Å²) in [6.07, 6.45) is 39.3. The third kappa shape index (κ3) is 40.2. The molecule has 0 fully saturated rings. The third-order valence-corrected chi connectivity index (χ3v) is 10.4. The quantitative estimate of drug-likeness (QED) is 0.0198. The van der Waals surface area contributed by atoms with Crippen LogP contribution in [0.3, 0.4) is 0 Å². The first-order chi connectivity index (χ1) is 26.0. The number of esters is 2. The second-order valence-corrected chi connectivity index (χ2v) is 17.5. The van der Waals surface area contributed by atoms with Gasteiger partial charge in [0.05, 0.1) is 27.7 Å². The van der Waals surface area contributed by atoms with Crippen LogP contribution in [0.2, 0.25) is 0 Å². The normalized spacial score (nSPS) is 13.8. The molecule has 318 valence electrons. The first-order valence-electron chi connectivity index (χ1n) is 22.0. The molecule has 0 saturated carbocycles. The first-order valence-corrected chi connectivity index (χ1v) is 23.5. The van der Waals surface area contributed by atoms with Crippen LogP contribution in [-0.2, 0) is 32.7 Å². The molecule has 0 saturated heterocycles. The van der Waals surface area contributed by atoms with Gasteiger partial charge in [-0.3, -0.25) is 14.2 Å². The number of phosphoric ester groups is 1. The van der Waals surface area contributed by atoms with E-state index >= 15 is 0 Å². The van der Waals surface area contributed by atoms with Crippen LogP contribution in [0.15, 0.2) is 24.3 Å². The van der Waals surface area contributed by atoms with Crippen molar-refractivity contribution in [2.45, 2.75) is 200 Å². The molecular weight excluding hydrogens is 701 g/mol. The maximum atomic E-state index is 12.6. The second kappa shape index (κ2) is 37.1. The smallest absolute Gasteiger partial charge is 0.306 e. The summed E-state index contributed by atoms with van der Waals surface area (Å²) in [5, 5.41) is 0. The van der Waals surface area contributed by atoms with E-state index in [4.69, 9.17) is 18.5 Å². The van der Waals surface area contributed by atoms with Gasteiger partial charge in [-0.05, 0) is 51.4 Å². The van der Waals surface area contributed by atoms with Gasteiger partial charge in [0, 0.05) is 12.8 Å². The Kier molecular flexibility index (Phi) is 36.1. The van der Waals surface area contributed by atoms with Crippen LogP contribution < -0.4 is 4.89 Å².